The van der Waals surface area contributed by atoms with Crippen LogP contribution in [0.2, 0.25) is 0 Å². The fraction of sp³-hybridized carbons (Fsp3) is 0.654. The number of carbonyl (C=O) groups excluding carboxylic acids is 3. The molecule has 10 heteroatoms. The first-order valence-corrected chi connectivity index (χ1v) is 12.4. The lowest BCUT2D eigenvalue weighted by Gasteiger charge is -2.37. The topological polar surface area (TPSA) is 96.5 Å². The van der Waals surface area contributed by atoms with Crippen molar-refractivity contribution in [2.24, 2.45) is 11.8 Å². The fourth-order valence-corrected chi connectivity index (χ4v) is 4.28. The standard InChI is InChI=1S/C26H38F3N3O4/c1-16(2)9-10-17-14-20(31-24(35)36-25(3,4)5)11-12-21(17)32-22(33)15-30-23(34)18-7-6-8-19(13-18)26(27,28)29/h6-8,13,16-17,20-21H,9-12,14-15H2,1-5H3,(H,30,34)(H,31,35)(H,32,33)/t17-,20+,21-/m0/s1. The lowest BCUT2D eigenvalue weighted by atomic mass is 9.78. The van der Waals surface area contributed by atoms with E-state index < -0.39 is 35.2 Å². The quantitative estimate of drug-likeness (QED) is 0.453. The van der Waals surface area contributed by atoms with Crippen molar-refractivity contribution in [1.82, 2.24) is 16.0 Å². The third-order valence-electron chi connectivity index (χ3n) is 6.03. The molecule has 1 aromatic carbocycles. The number of benzene rings is 1. The molecule has 0 radical (unpaired) electrons. The van der Waals surface area contributed by atoms with Gasteiger partial charge in [-0.3, -0.25) is 9.59 Å². The third-order valence-corrected chi connectivity index (χ3v) is 6.03. The number of hydrogen-bond donors (Lipinski definition) is 3. The first-order valence-electron chi connectivity index (χ1n) is 12.4. The molecule has 0 unspecified atom stereocenters. The van der Waals surface area contributed by atoms with E-state index in [4.69, 9.17) is 4.74 Å². The van der Waals surface area contributed by atoms with Gasteiger partial charge in [-0.2, -0.15) is 13.2 Å². The maximum atomic E-state index is 12.9. The molecule has 1 aliphatic carbocycles. The largest absolute Gasteiger partial charge is 0.444 e. The van der Waals surface area contributed by atoms with Gasteiger partial charge >= 0.3 is 12.3 Å². The van der Waals surface area contributed by atoms with Gasteiger partial charge in [0.2, 0.25) is 5.91 Å². The fourth-order valence-electron chi connectivity index (χ4n) is 4.28. The van der Waals surface area contributed by atoms with Crippen LogP contribution in [0, 0.1) is 11.8 Å². The maximum absolute atomic E-state index is 12.9. The highest BCUT2D eigenvalue weighted by Gasteiger charge is 2.33. The van der Waals surface area contributed by atoms with Crippen LogP contribution in [0.25, 0.3) is 0 Å². The average Bonchev–Trinajstić information content (AvgIpc) is 2.75. The number of rotatable bonds is 8. The molecule has 0 aromatic heterocycles. The first kappa shape index (κ1) is 29.5. The van der Waals surface area contributed by atoms with E-state index in [1.165, 1.54) is 6.07 Å². The monoisotopic (exact) mass is 513 g/mol. The predicted octanol–water partition coefficient (Wildman–Crippen LogP) is 5.05. The van der Waals surface area contributed by atoms with Crippen molar-refractivity contribution in [1.29, 1.82) is 0 Å². The summed E-state index contributed by atoms with van der Waals surface area (Å²) in [5.41, 5.74) is -1.68. The van der Waals surface area contributed by atoms with Gasteiger partial charge in [-0.05, 0) is 76.5 Å². The van der Waals surface area contributed by atoms with Gasteiger partial charge in [-0.15, -0.1) is 0 Å². The molecule has 0 spiro atoms. The molecule has 2 rings (SSSR count). The second-order valence-electron chi connectivity index (χ2n) is 10.8. The van der Waals surface area contributed by atoms with Gasteiger partial charge in [-0.1, -0.05) is 26.3 Å². The summed E-state index contributed by atoms with van der Waals surface area (Å²) < 4.78 is 44.1. The van der Waals surface area contributed by atoms with Crippen molar-refractivity contribution < 1.29 is 32.3 Å². The van der Waals surface area contributed by atoms with Gasteiger partial charge in [-0.25, -0.2) is 4.79 Å². The van der Waals surface area contributed by atoms with E-state index in [0.29, 0.717) is 25.2 Å². The van der Waals surface area contributed by atoms with Gasteiger partial charge in [0.1, 0.15) is 5.60 Å². The number of alkyl carbamates (subject to hydrolysis) is 1. The SMILES string of the molecule is CC(C)CC[C@H]1C[C@H](NC(=O)OC(C)(C)C)CC[C@@H]1NC(=O)CNC(=O)c1cccc(C(F)(F)F)c1. The Labute approximate surface area is 210 Å². The second-order valence-corrected chi connectivity index (χ2v) is 10.8. The van der Waals surface area contributed by atoms with Crippen LogP contribution in [0.4, 0.5) is 18.0 Å². The summed E-state index contributed by atoms with van der Waals surface area (Å²) >= 11 is 0. The van der Waals surface area contributed by atoms with Gasteiger partial charge < -0.3 is 20.7 Å². The van der Waals surface area contributed by atoms with Gasteiger partial charge in [0, 0.05) is 17.6 Å². The summed E-state index contributed by atoms with van der Waals surface area (Å²) in [4.78, 5) is 37.1. The molecule has 0 saturated heterocycles. The third kappa shape index (κ3) is 10.1. The molecular weight excluding hydrogens is 475 g/mol. The van der Waals surface area contributed by atoms with Crippen LogP contribution in [0.3, 0.4) is 0 Å². The maximum Gasteiger partial charge on any atom is 0.416 e. The number of nitrogens with one attached hydrogen (secondary N) is 3. The number of carbonyl (C=O) groups is 3. The van der Waals surface area contributed by atoms with Crippen LogP contribution in [-0.2, 0) is 15.7 Å². The Bertz CT molecular complexity index is 912. The molecule has 7 nitrogen and oxygen atoms in total. The van der Waals surface area contributed by atoms with E-state index >= 15 is 0 Å². The molecule has 0 heterocycles. The zero-order valence-electron chi connectivity index (χ0n) is 21.6. The Morgan fingerprint density at radius 1 is 1.08 bits per heavy atom. The van der Waals surface area contributed by atoms with Crippen molar-refractivity contribution in [3.63, 3.8) is 0 Å². The Hall–Kier alpha value is -2.78. The molecular formula is C26H38F3N3O4. The highest BCUT2D eigenvalue weighted by atomic mass is 19.4. The van der Waals surface area contributed by atoms with Crippen molar-refractivity contribution >= 4 is 17.9 Å². The minimum atomic E-state index is -4.56. The minimum absolute atomic E-state index is 0.0641. The van der Waals surface area contributed by atoms with E-state index in [0.717, 1.165) is 31.0 Å². The minimum Gasteiger partial charge on any atom is -0.444 e. The van der Waals surface area contributed by atoms with Crippen molar-refractivity contribution in [2.45, 2.75) is 90.6 Å². The Kier molecular flexibility index (Phi) is 10.2. The van der Waals surface area contributed by atoms with Gasteiger partial charge in [0.05, 0.1) is 12.1 Å². The first-order chi connectivity index (χ1) is 16.6. The van der Waals surface area contributed by atoms with E-state index in [2.05, 4.69) is 29.8 Å². The summed E-state index contributed by atoms with van der Waals surface area (Å²) in [6.07, 6.45) is -1.19. The van der Waals surface area contributed by atoms with Crippen LogP contribution in [0.5, 0.6) is 0 Å². The Balaban J connectivity index is 1.93. The summed E-state index contributed by atoms with van der Waals surface area (Å²) in [7, 11) is 0. The number of hydrogen-bond acceptors (Lipinski definition) is 4. The highest BCUT2D eigenvalue weighted by molar-refractivity contribution is 5.96. The molecule has 3 N–H and O–H groups in total. The molecule has 0 bridgehead atoms. The van der Waals surface area contributed by atoms with Gasteiger partial charge in [0.25, 0.3) is 5.91 Å². The van der Waals surface area contributed by atoms with Gasteiger partial charge in [0.15, 0.2) is 0 Å². The van der Waals surface area contributed by atoms with Crippen molar-refractivity contribution in [3.8, 4) is 0 Å². The molecule has 1 aromatic rings. The number of amides is 3. The van der Waals surface area contributed by atoms with E-state index in [-0.39, 0.29) is 30.1 Å². The Morgan fingerprint density at radius 2 is 1.78 bits per heavy atom. The molecule has 1 saturated carbocycles. The number of alkyl halides is 3. The number of ether oxygens (including phenoxy) is 1. The predicted molar refractivity (Wildman–Crippen MR) is 130 cm³/mol. The summed E-state index contributed by atoms with van der Waals surface area (Å²) in [5, 5.41) is 8.30. The van der Waals surface area contributed by atoms with E-state index in [9.17, 15) is 27.6 Å². The van der Waals surface area contributed by atoms with E-state index in [1.54, 1.807) is 20.8 Å². The van der Waals surface area contributed by atoms with Crippen molar-refractivity contribution in [2.75, 3.05) is 6.54 Å². The number of halogens is 3. The molecule has 3 atom stereocenters. The molecule has 3 amide bonds. The van der Waals surface area contributed by atoms with Crippen LogP contribution in [0.15, 0.2) is 24.3 Å². The molecule has 1 aliphatic rings. The molecule has 202 valence electrons. The van der Waals surface area contributed by atoms with Crippen LogP contribution in [-0.4, -0.2) is 42.1 Å². The summed E-state index contributed by atoms with van der Waals surface area (Å²) in [6, 6.07) is 3.87. The van der Waals surface area contributed by atoms with E-state index in [1.807, 2.05) is 0 Å². The van der Waals surface area contributed by atoms with Crippen LogP contribution < -0.4 is 16.0 Å². The summed E-state index contributed by atoms with van der Waals surface area (Å²) in [5.74, 6) is -0.553. The molecule has 0 aliphatic heterocycles. The average molecular weight is 514 g/mol. The Morgan fingerprint density at radius 3 is 2.39 bits per heavy atom. The second kappa shape index (κ2) is 12.5. The molecule has 1 fully saturated rings. The smallest absolute Gasteiger partial charge is 0.416 e. The molecule has 36 heavy (non-hydrogen) atoms. The highest BCUT2D eigenvalue weighted by Crippen LogP contribution is 2.31. The van der Waals surface area contributed by atoms with Crippen LogP contribution >= 0.6 is 0 Å². The summed E-state index contributed by atoms with van der Waals surface area (Å²) in [6.45, 7) is 9.30. The zero-order valence-corrected chi connectivity index (χ0v) is 21.6. The van der Waals surface area contributed by atoms with Crippen LogP contribution in [0.1, 0.15) is 82.6 Å². The normalized spacial score (nSPS) is 20.5. The lowest BCUT2D eigenvalue weighted by Crippen LogP contribution is -2.51. The van der Waals surface area contributed by atoms with Crippen molar-refractivity contribution in [3.05, 3.63) is 35.4 Å². The zero-order chi connectivity index (χ0) is 27.1. The lowest BCUT2D eigenvalue weighted by molar-refractivity contribution is -0.137.